The van der Waals surface area contributed by atoms with Gasteiger partial charge in [-0.1, -0.05) is 18.7 Å². The maximum absolute atomic E-state index is 11.1. The topological polar surface area (TPSA) is 32.3 Å². The van der Waals surface area contributed by atoms with Gasteiger partial charge in [0.05, 0.1) is 0 Å². The number of carbonyl (C=O) groups excluding carboxylic acids is 1. The largest absolute Gasteiger partial charge is 0.369 e. The number of rotatable bonds is 4. The maximum Gasteiger partial charge on any atom is 0.243 e. The minimum absolute atomic E-state index is 0.131. The average molecular weight is 258 g/mol. The Morgan fingerprint density at radius 1 is 1.42 bits per heavy atom. The second-order valence-electron chi connectivity index (χ2n) is 5.13. The fourth-order valence-electron chi connectivity index (χ4n) is 2.55. The Balaban J connectivity index is 1.97. The van der Waals surface area contributed by atoms with Gasteiger partial charge >= 0.3 is 0 Å². The summed E-state index contributed by atoms with van der Waals surface area (Å²) in [4.78, 5) is 13.6. The normalized spacial score (nSPS) is 19.0. The third kappa shape index (κ3) is 3.60. The van der Waals surface area contributed by atoms with Crippen LogP contribution in [-0.4, -0.2) is 18.5 Å². The number of nitrogens with zero attached hydrogens (tertiary/aromatic N) is 1. The highest BCUT2D eigenvalue weighted by Gasteiger charge is 2.18. The van der Waals surface area contributed by atoms with Crippen LogP contribution in [0.1, 0.15) is 31.7 Å². The van der Waals surface area contributed by atoms with Gasteiger partial charge in [0.2, 0.25) is 5.91 Å². The highest BCUT2D eigenvalue weighted by Crippen LogP contribution is 2.24. The van der Waals surface area contributed by atoms with Crippen molar-refractivity contribution in [3.63, 3.8) is 0 Å². The van der Waals surface area contributed by atoms with E-state index in [-0.39, 0.29) is 5.91 Å². The van der Waals surface area contributed by atoms with Crippen LogP contribution in [0, 0.1) is 0 Å². The average Bonchev–Trinajstić information content (AvgIpc) is 2.46. The standard InChI is InChI=1S/C16H22N2O/c1-3-16(19)17-12-14-7-9-15(10-8-14)18-11-5-4-6-13(18)2/h3,7-10,13H,1,4-6,11-12H2,2H3,(H,17,19). The number of carbonyl (C=O) groups is 1. The van der Waals surface area contributed by atoms with Gasteiger partial charge < -0.3 is 10.2 Å². The number of nitrogens with one attached hydrogen (secondary N) is 1. The van der Waals surface area contributed by atoms with Crippen LogP contribution >= 0.6 is 0 Å². The van der Waals surface area contributed by atoms with E-state index in [4.69, 9.17) is 0 Å². The summed E-state index contributed by atoms with van der Waals surface area (Å²) >= 11 is 0. The van der Waals surface area contributed by atoms with Crippen LogP contribution in [0.4, 0.5) is 5.69 Å². The van der Waals surface area contributed by atoms with Gasteiger partial charge in [-0.2, -0.15) is 0 Å². The minimum atomic E-state index is -0.131. The molecule has 19 heavy (non-hydrogen) atoms. The molecule has 0 radical (unpaired) electrons. The van der Waals surface area contributed by atoms with E-state index in [1.807, 2.05) is 0 Å². The monoisotopic (exact) mass is 258 g/mol. The van der Waals surface area contributed by atoms with Crippen molar-refractivity contribution in [1.82, 2.24) is 5.32 Å². The summed E-state index contributed by atoms with van der Waals surface area (Å²) in [5.41, 5.74) is 2.40. The van der Waals surface area contributed by atoms with E-state index < -0.39 is 0 Å². The SMILES string of the molecule is C=CC(=O)NCc1ccc(N2CCCCC2C)cc1. The molecule has 3 heteroatoms. The van der Waals surface area contributed by atoms with E-state index in [9.17, 15) is 4.79 Å². The molecule has 0 aromatic heterocycles. The number of anilines is 1. The third-order valence-corrected chi connectivity index (χ3v) is 3.72. The molecule has 1 N–H and O–H groups in total. The number of amides is 1. The molecule has 1 amide bonds. The van der Waals surface area contributed by atoms with Crippen LogP contribution in [0.2, 0.25) is 0 Å². The van der Waals surface area contributed by atoms with Gasteiger partial charge in [0.15, 0.2) is 0 Å². The Morgan fingerprint density at radius 2 is 2.16 bits per heavy atom. The zero-order valence-electron chi connectivity index (χ0n) is 11.6. The molecule has 2 rings (SSSR count). The Bertz CT molecular complexity index is 439. The second-order valence-corrected chi connectivity index (χ2v) is 5.13. The summed E-state index contributed by atoms with van der Waals surface area (Å²) < 4.78 is 0. The molecule has 1 aromatic rings. The Morgan fingerprint density at radius 3 is 2.79 bits per heavy atom. The molecular formula is C16H22N2O. The summed E-state index contributed by atoms with van der Waals surface area (Å²) in [6.07, 6.45) is 5.19. The predicted molar refractivity (Wildman–Crippen MR) is 79.1 cm³/mol. The van der Waals surface area contributed by atoms with Crippen molar-refractivity contribution < 1.29 is 4.79 Å². The van der Waals surface area contributed by atoms with Crippen molar-refractivity contribution >= 4 is 11.6 Å². The lowest BCUT2D eigenvalue weighted by Crippen LogP contribution is -2.37. The van der Waals surface area contributed by atoms with Crippen molar-refractivity contribution in [3.05, 3.63) is 42.5 Å². The minimum Gasteiger partial charge on any atom is -0.369 e. The molecule has 102 valence electrons. The van der Waals surface area contributed by atoms with Crippen LogP contribution in [0.15, 0.2) is 36.9 Å². The molecule has 1 aliphatic rings. The Hall–Kier alpha value is -1.77. The lowest BCUT2D eigenvalue weighted by atomic mass is 10.0. The van der Waals surface area contributed by atoms with Gasteiger partial charge in [-0.05, 0) is 50.0 Å². The zero-order chi connectivity index (χ0) is 13.7. The third-order valence-electron chi connectivity index (χ3n) is 3.72. The highest BCUT2D eigenvalue weighted by atomic mass is 16.1. The first kappa shape index (κ1) is 13.7. The molecule has 1 unspecified atom stereocenters. The smallest absolute Gasteiger partial charge is 0.243 e. The van der Waals surface area contributed by atoms with Crippen molar-refractivity contribution in [2.24, 2.45) is 0 Å². The molecule has 1 aromatic carbocycles. The summed E-state index contributed by atoms with van der Waals surface area (Å²) in [6, 6.07) is 9.09. The van der Waals surface area contributed by atoms with Crippen molar-refractivity contribution in [2.75, 3.05) is 11.4 Å². The van der Waals surface area contributed by atoms with E-state index in [2.05, 4.69) is 48.0 Å². The molecule has 1 heterocycles. The van der Waals surface area contributed by atoms with E-state index in [0.717, 1.165) is 12.1 Å². The van der Waals surface area contributed by atoms with Crippen molar-refractivity contribution in [2.45, 2.75) is 38.8 Å². The first-order valence-electron chi connectivity index (χ1n) is 6.96. The molecule has 0 saturated carbocycles. The number of hydrogen-bond donors (Lipinski definition) is 1. The number of benzene rings is 1. The molecule has 1 fully saturated rings. The molecule has 1 saturated heterocycles. The van der Waals surface area contributed by atoms with Gasteiger partial charge in [0.25, 0.3) is 0 Å². The van der Waals surface area contributed by atoms with E-state index in [1.54, 1.807) is 0 Å². The number of hydrogen-bond acceptors (Lipinski definition) is 2. The van der Waals surface area contributed by atoms with Crippen LogP contribution in [0.25, 0.3) is 0 Å². The van der Waals surface area contributed by atoms with Crippen LogP contribution in [-0.2, 0) is 11.3 Å². The maximum atomic E-state index is 11.1. The van der Waals surface area contributed by atoms with Crippen LogP contribution in [0.3, 0.4) is 0 Å². The molecular weight excluding hydrogens is 236 g/mol. The summed E-state index contributed by atoms with van der Waals surface area (Å²) in [7, 11) is 0. The van der Waals surface area contributed by atoms with Gasteiger partial charge in [-0.3, -0.25) is 4.79 Å². The quantitative estimate of drug-likeness (QED) is 0.842. The summed E-state index contributed by atoms with van der Waals surface area (Å²) in [6.45, 7) is 7.43. The molecule has 3 nitrogen and oxygen atoms in total. The molecule has 1 atom stereocenters. The lowest BCUT2D eigenvalue weighted by molar-refractivity contribution is -0.116. The van der Waals surface area contributed by atoms with E-state index in [1.165, 1.54) is 31.0 Å². The number of piperidine rings is 1. The molecule has 0 aliphatic carbocycles. The second kappa shape index (κ2) is 6.41. The fourth-order valence-corrected chi connectivity index (χ4v) is 2.55. The van der Waals surface area contributed by atoms with Gasteiger partial charge in [-0.15, -0.1) is 0 Å². The Labute approximate surface area is 115 Å². The summed E-state index contributed by atoms with van der Waals surface area (Å²) in [5, 5.41) is 2.79. The highest BCUT2D eigenvalue weighted by molar-refractivity contribution is 5.86. The van der Waals surface area contributed by atoms with E-state index >= 15 is 0 Å². The zero-order valence-corrected chi connectivity index (χ0v) is 11.6. The Kier molecular flexibility index (Phi) is 4.61. The predicted octanol–water partition coefficient (Wildman–Crippen LogP) is 2.87. The van der Waals surface area contributed by atoms with Crippen LogP contribution in [0.5, 0.6) is 0 Å². The molecule has 1 aliphatic heterocycles. The lowest BCUT2D eigenvalue weighted by Gasteiger charge is -2.35. The first-order chi connectivity index (χ1) is 9.20. The van der Waals surface area contributed by atoms with Gasteiger partial charge in [0.1, 0.15) is 0 Å². The molecule has 0 bridgehead atoms. The van der Waals surface area contributed by atoms with Crippen LogP contribution < -0.4 is 10.2 Å². The fraction of sp³-hybridized carbons (Fsp3) is 0.438. The first-order valence-corrected chi connectivity index (χ1v) is 6.96. The molecule has 0 spiro atoms. The van der Waals surface area contributed by atoms with Gasteiger partial charge in [0, 0.05) is 24.8 Å². The van der Waals surface area contributed by atoms with Crippen molar-refractivity contribution in [1.29, 1.82) is 0 Å². The summed E-state index contributed by atoms with van der Waals surface area (Å²) in [5.74, 6) is -0.131. The van der Waals surface area contributed by atoms with Gasteiger partial charge in [-0.25, -0.2) is 0 Å². The van der Waals surface area contributed by atoms with E-state index in [0.29, 0.717) is 12.6 Å². The van der Waals surface area contributed by atoms with Crippen molar-refractivity contribution in [3.8, 4) is 0 Å².